The Bertz CT molecular complexity index is 328. The van der Waals surface area contributed by atoms with Crippen LogP contribution in [-0.2, 0) is 11.3 Å². The zero-order valence-corrected chi connectivity index (χ0v) is 10.3. The zero-order valence-electron chi connectivity index (χ0n) is 9.53. The van der Waals surface area contributed by atoms with Crippen molar-refractivity contribution in [2.45, 2.75) is 45.3 Å². The molecule has 1 aromatic heterocycles. The fourth-order valence-electron chi connectivity index (χ4n) is 2.14. The smallest absolute Gasteiger partial charge is 0.147 e. The highest BCUT2D eigenvalue weighted by molar-refractivity contribution is 6.29. The highest BCUT2D eigenvalue weighted by Crippen LogP contribution is 2.26. The predicted octanol–water partition coefficient (Wildman–Crippen LogP) is 3.23. The van der Waals surface area contributed by atoms with Crippen molar-refractivity contribution < 1.29 is 4.74 Å². The van der Waals surface area contributed by atoms with Crippen LogP contribution >= 0.6 is 11.6 Å². The summed E-state index contributed by atoms with van der Waals surface area (Å²) in [6, 6.07) is 0. The van der Waals surface area contributed by atoms with E-state index in [0.29, 0.717) is 23.8 Å². The van der Waals surface area contributed by atoms with E-state index in [1.807, 2.05) is 0 Å². The van der Waals surface area contributed by atoms with Crippen LogP contribution in [0.3, 0.4) is 0 Å². The molecule has 2 unspecified atom stereocenters. The van der Waals surface area contributed by atoms with Crippen LogP contribution in [0.2, 0.25) is 5.15 Å². The summed E-state index contributed by atoms with van der Waals surface area (Å²) in [6.07, 6.45) is 8.68. The van der Waals surface area contributed by atoms with E-state index in [-0.39, 0.29) is 0 Å². The van der Waals surface area contributed by atoms with Gasteiger partial charge in [-0.25, -0.2) is 4.98 Å². The lowest BCUT2D eigenvalue weighted by molar-refractivity contribution is -0.0169. The normalized spacial score (nSPS) is 25.6. The number of hydrogen-bond donors (Lipinski definition) is 0. The summed E-state index contributed by atoms with van der Waals surface area (Å²) >= 11 is 5.67. The van der Waals surface area contributed by atoms with Gasteiger partial charge in [-0.3, -0.25) is 4.98 Å². The standard InChI is InChI=1S/C12H17ClN2O/c1-9-4-2-3-5-11(9)16-8-10-6-15-12(13)7-14-10/h6-7,9,11H,2-5,8H2,1H3. The molecule has 2 atom stereocenters. The second-order valence-corrected chi connectivity index (χ2v) is 4.83. The molecule has 0 amide bonds. The van der Waals surface area contributed by atoms with Gasteiger partial charge in [0.2, 0.25) is 0 Å². The van der Waals surface area contributed by atoms with Crippen LogP contribution in [0, 0.1) is 5.92 Å². The minimum absolute atomic E-state index is 0.381. The molecule has 0 saturated heterocycles. The second-order valence-electron chi connectivity index (χ2n) is 4.44. The van der Waals surface area contributed by atoms with Crippen LogP contribution in [0.15, 0.2) is 12.4 Å². The molecule has 1 heterocycles. The Morgan fingerprint density at radius 1 is 1.31 bits per heavy atom. The second kappa shape index (κ2) is 5.60. The molecule has 0 radical (unpaired) electrons. The van der Waals surface area contributed by atoms with Crippen molar-refractivity contribution in [1.29, 1.82) is 0 Å². The molecule has 0 bridgehead atoms. The minimum atomic E-state index is 0.381. The Kier molecular flexibility index (Phi) is 4.13. The molecule has 88 valence electrons. The van der Waals surface area contributed by atoms with Gasteiger partial charge in [-0.15, -0.1) is 0 Å². The van der Waals surface area contributed by atoms with E-state index in [1.54, 1.807) is 12.4 Å². The molecule has 0 aromatic carbocycles. The maximum atomic E-state index is 5.88. The van der Waals surface area contributed by atoms with E-state index in [9.17, 15) is 0 Å². The van der Waals surface area contributed by atoms with E-state index in [1.165, 1.54) is 25.7 Å². The summed E-state index contributed by atoms with van der Waals surface area (Å²) in [7, 11) is 0. The quantitative estimate of drug-likeness (QED) is 0.814. The molecule has 1 fully saturated rings. The van der Waals surface area contributed by atoms with E-state index >= 15 is 0 Å². The van der Waals surface area contributed by atoms with Gasteiger partial charge in [-0.2, -0.15) is 0 Å². The number of rotatable bonds is 3. The third-order valence-corrected chi connectivity index (χ3v) is 3.35. The molecular formula is C12H17ClN2O. The summed E-state index contributed by atoms with van der Waals surface area (Å²) in [5, 5.41) is 0.426. The fourth-order valence-corrected chi connectivity index (χ4v) is 2.23. The van der Waals surface area contributed by atoms with Crippen molar-refractivity contribution in [3.63, 3.8) is 0 Å². The van der Waals surface area contributed by atoms with Gasteiger partial charge in [-0.1, -0.05) is 31.4 Å². The van der Waals surface area contributed by atoms with Crippen molar-refractivity contribution >= 4 is 11.6 Å². The molecule has 0 aliphatic heterocycles. The number of aromatic nitrogens is 2. The van der Waals surface area contributed by atoms with Gasteiger partial charge >= 0.3 is 0 Å². The predicted molar refractivity (Wildman–Crippen MR) is 63.3 cm³/mol. The number of ether oxygens (including phenoxy) is 1. The molecule has 1 aliphatic rings. The van der Waals surface area contributed by atoms with Crippen LogP contribution in [0.4, 0.5) is 0 Å². The minimum Gasteiger partial charge on any atom is -0.372 e. The van der Waals surface area contributed by atoms with Gasteiger partial charge in [0.25, 0.3) is 0 Å². The van der Waals surface area contributed by atoms with Crippen LogP contribution in [0.5, 0.6) is 0 Å². The molecule has 3 nitrogen and oxygen atoms in total. The Labute approximate surface area is 101 Å². The molecule has 16 heavy (non-hydrogen) atoms. The largest absolute Gasteiger partial charge is 0.372 e. The molecule has 0 spiro atoms. The Morgan fingerprint density at radius 2 is 2.12 bits per heavy atom. The number of nitrogens with zero attached hydrogens (tertiary/aromatic N) is 2. The molecule has 0 N–H and O–H groups in total. The lowest BCUT2D eigenvalue weighted by atomic mass is 9.88. The Morgan fingerprint density at radius 3 is 2.81 bits per heavy atom. The Balaban J connectivity index is 1.84. The molecule has 1 aliphatic carbocycles. The highest BCUT2D eigenvalue weighted by Gasteiger charge is 2.21. The van der Waals surface area contributed by atoms with Crippen molar-refractivity contribution in [2.24, 2.45) is 5.92 Å². The van der Waals surface area contributed by atoms with Crippen molar-refractivity contribution in [3.8, 4) is 0 Å². The molecule has 2 rings (SSSR count). The van der Waals surface area contributed by atoms with Crippen LogP contribution in [0.25, 0.3) is 0 Å². The van der Waals surface area contributed by atoms with Gasteiger partial charge in [0.05, 0.1) is 30.8 Å². The molecular weight excluding hydrogens is 224 g/mol. The van der Waals surface area contributed by atoms with Crippen LogP contribution < -0.4 is 0 Å². The van der Waals surface area contributed by atoms with Crippen molar-refractivity contribution in [2.75, 3.05) is 0 Å². The maximum Gasteiger partial charge on any atom is 0.147 e. The monoisotopic (exact) mass is 240 g/mol. The highest BCUT2D eigenvalue weighted by atomic mass is 35.5. The first-order valence-corrected chi connectivity index (χ1v) is 6.21. The fraction of sp³-hybridized carbons (Fsp3) is 0.667. The summed E-state index contributed by atoms with van der Waals surface area (Å²) in [5.74, 6) is 0.661. The number of hydrogen-bond acceptors (Lipinski definition) is 3. The van der Waals surface area contributed by atoms with Gasteiger partial charge in [0.15, 0.2) is 0 Å². The van der Waals surface area contributed by atoms with E-state index in [4.69, 9.17) is 16.3 Å². The van der Waals surface area contributed by atoms with Gasteiger partial charge in [0, 0.05) is 0 Å². The van der Waals surface area contributed by atoms with E-state index in [2.05, 4.69) is 16.9 Å². The molecule has 1 aromatic rings. The third-order valence-electron chi connectivity index (χ3n) is 3.15. The average Bonchev–Trinajstić information content (AvgIpc) is 2.30. The third kappa shape index (κ3) is 3.16. The Hall–Kier alpha value is -0.670. The lowest BCUT2D eigenvalue weighted by Crippen LogP contribution is -2.25. The van der Waals surface area contributed by atoms with E-state index in [0.717, 1.165) is 5.69 Å². The van der Waals surface area contributed by atoms with Crippen molar-refractivity contribution in [3.05, 3.63) is 23.2 Å². The summed E-state index contributed by atoms with van der Waals surface area (Å²) in [5.41, 5.74) is 0.849. The SMILES string of the molecule is CC1CCCCC1OCc1cnc(Cl)cn1. The van der Waals surface area contributed by atoms with E-state index < -0.39 is 0 Å². The summed E-state index contributed by atoms with van der Waals surface area (Å²) in [6.45, 7) is 2.80. The average molecular weight is 241 g/mol. The summed E-state index contributed by atoms with van der Waals surface area (Å²) in [4.78, 5) is 8.15. The van der Waals surface area contributed by atoms with Crippen LogP contribution in [0.1, 0.15) is 38.3 Å². The number of halogens is 1. The lowest BCUT2D eigenvalue weighted by Gasteiger charge is -2.28. The molecule has 1 saturated carbocycles. The molecule has 4 heteroatoms. The van der Waals surface area contributed by atoms with Gasteiger partial charge in [-0.05, 0) is 18.8 Å². The maximum absolute atomic E-state index is 5.88. The first-order valence-electron chi connectivity index (χ1n) is 5.84. The zero-order chi connectivity index (χ0) is 11.4. The van der Waals surface area contributed by atoms with Crippen LogP contribution in [-0.4, -0.2) is 16.1 Å². The first-order chi connectivity index (χ1) is 7.75. The van der Waals surface area contributed by atoms with Gasteiger partial charge < -0.3 is 4.74 Å². The van der Waals surface area contributed by atoms with Crippen molar-refractivity contribution in [1.82, 2.24) is 9.97 Å². The van der Waals surface area contributed by atoms with Gasteiger partial charge in [0.1, 0.15) is 5.15 Å². The first kappa shape index (κ1) is 11.8. The topological polar surface area (TPSA) is 35.0 Å². The summed E-state index contributed by atoms with van der Waals surface area (Å²) < 4.78 is 5.88.